The van der Waals surface area contributed by atoms with Gasteiger partial charge in [0, 0.05) is 12.8 Å². The van der Waals surface area contributed by atoms with Gasteiger partial charge in [0.2, 0.25) is 0 Å². The van der Waals surface area contributed by atoms with Crippen LogP contribution in [0.2, 0.25) is 0 Å². The second-order valence-electron chi connectivity index (χ2n) is 3.15. The lowest BCUT2D eigenvalue weighted by atomic mass is 10.0. The van der Waals surface area contributed by atoms with Crippen molar-refractivity contribution >= 4 is 0 Å². The van der Waals surface area contributed by atoms with Crippen LogP contribution in [-0.2, 0) is 0 Å². The molecule has 1 aliphatic carbocycles. The van der Waals surface area contributed by atoms with Gasteiger partial charge in [0.15, 0.2) is 0 Å². The average Bonchev–Trinajstić information content (AvgIpc) is 2.03. The minimum Gasteiger partial charge on any atom is -0.393 e. The van der Waals surface area contributed by atoms with Gasteiger partial charge in [0.25, 0.3) is 0 Å². The van der Waals surface area contributed by atoms with E-state index in [0.717, 1.165) is 25.7 Å². The smallest absolute Gasteiger partial charge is 0.0549 e. The summed E-state index contributed by atoms with van der Waals surface area (Å²) in [6.07, 6.45) is 7.28. The summed E-state index contributed by atoms with van der Waals surface area (Å²) in [4.78, 5) is 0. The summed E-state index contributed by atoms with van der Waals surface area (Å²) in [7, 11) is 0. The summed E-state index contributed by atoms with van der Waals surface area (Å²) in [5.74, 6) is 6.19. The van der Waals surface area contributed by atoms with Crippen LogP contribution >= 0.6 is 0 Å². The molecule has 0 fully saturated rings. The zero-order valence-electron chi connectivity index (χ0n) is 6.97. The molecule has 11 heavy (non-hydrogen) atoms. The van der Waals surface area contributed by atoms with Crippen LogP contribution in [0.15, 0.2) is 0 Å². The number of hydrogen-bond acceptors (Lipinski definition) is 1. The van der Waals surface area contributed by atoms with Crippen LogP contribution in [0.1, 0.15) is 44.9 Å². The van der Waals surface area contributed by atoms with Crippen molar-refractivity contribution in [1.29, 1.82) is 0 Å². The molecule has 0 amide bonds. The SMILES string of the molecule is OC1CCC#CCCCCC1. The molecule has 0 aromatic rings. The summed E-state index contributed by atoms with van der Waals surface area (Å²) in [5, 5.41) is 9.36. The first-order valence-corrected chi connectivity index (χ1v) is 4.53. The van der Waals surface area contributed by atoms with E-state index in [0.29, 0.717) is 0 Å². The van der Waals surface area contributed by atoms with E-state index in [9.17, 15) is 5.11 Å². The summed E-state index contributed by atoms with van der Waals surface area (Å²) >= 11 is 0. The van der Waals surface area contributed by atoms with Gasteiger partial charge in [-0.3, -0.25) is 0 Å². The fourth-order valence-electron chi connectivity index (χ4n) is 1.33. The van der Waals surface area contributed by atoms with Crippen molar-refractivity contribution in [3.63, 3.8) is 0 Å². The van der Waals surface area contributed by atoms with Crippen LogP contribution in [0.4, 0.5) is 0 Å². The van der Waals surface area contributed by atoms with Crippen molar-refractivity contribution in [2.45, 2.75) is 51.0 Å². The van der Waals surface area contributed by atoms with E-state index in [1.807, 2.05) is 0 Å². The van der Waals surface area contributed by atoms with Crippen LogP contribution in [0.25, 0.3) is 0 Å². The zero-order chi connectivity index (χ0) is 7.94. The molecule has 0 saturated heterocycles. The van der Waals surface area contributed by atoms with Crippen molar-refractivity contribution in [2.24, 2.45) is 0 Å². The van der Waals surface area contributed by atoms with E-state index in [1.165, 1.54) is 19.3 Å². The molecular formula is C10H16O. The molecule has 0 aromatic carbocycles. The summed E-state index contributed by atoms with van der Waals surface area (Å²) < 4.78 is 0. The summed E-state index contributed by atoms with van der Waals surface area (Å²) in [6.45, 7) is 0. The molecule has 0 saturated carbocycles. The number of hydrogen-bond donors (Lipinski definition) is 1. The molecule has 0 aromatic heterocycles. The van der Waals surface area contributed by atoms with Crippen LogP contribution in [0, 0.1) is 11.8 Å². The fraction of sp³-hybridized carbons (Fsp3) is 0.800. The predicted molar refractivity (Wildman–Crippen MR) is 46.1 cm³/mol. The molecule has 0 spiro atoms. The molecular weight excluding hydrogens is 136 g/mol. The fourth-order valence-corrected chi connectivity index (χ4v) is 1.33. The van der Waals surface area contributed by atoms with Gasteiger partial charge in [-0.15, -0.1) is 11.8 Å². The Labute approximate surface area is 68.8 Å². The Hall–Kier alpha value is -0.480. The second kappa shape index (κ2) is 5.21. The van der Waals surface area contributed by atoms with Crippen molar-refractivity contribution in [3.05, 3.63) is 0 Å². The molecule has 1 nitrogen and oxygen atoms in total. The standard InChI is InChI=1S/C10H16O/c11-10-8-6-4-2-1-3-5-7-9-10/h10-11H,1-2,4,6-9H2. The molecule has 0 aliphatic heterocycles. The summed E-state index contributed by atoms with van der Waals surface area (Å²) in [6, 6.07) is 0. The summed E-state index contributed by atoms with van der Waals surface area (Å²) in [5.41, 5.74) is 0. The monoisotopic (exact) mass is 152 g/mol. The maximum atomic E-state index is 9.36. The zero-order valence-corrected chi connectivity index (χ0v) is 6.97. The highest BCUT2D eigenvalue weighted by atomic mass is 16.3. The Kier molecular flexibility index (Phi) is 4.08. The lowest BCUT2D eigenvalue weighted by Gasteiger charge is -2.08. The van der Waals surface area contributed by atoms with E-state index in [4.69, 9.17) is 0 Å². The molecule has 1 unspecified atom stereocenters. The highest BCUT2D eigenvalue weighted by Gasteiger charge is 2.02. The van der Waals surface area contributed by atoms with Gasteiger partial charge < -0.3 is 5.11 Å². The van der Waals surface area contributed by atoms with Gasteiger partial charge in [0.05, 0.1) is 6.10 Å². The van der Waals surface area contributed by atoms with E-state index >= 15 is 0 Å². The molecule has 0 radical (unpaired) electrons. The van der Waals surface area contributed by atoms with Crippen LogP contribution in [-0.4, -0.2) is 11.2 Å². The molecule has 1 rings (SSSR count). The minimum absolute atomic E-state index is 0.0950. The van der Waals surface area contributed by atoms with E-state index < -0.39 is 0 Å². The Bertz CT molecular complexity index is 152. The third-order valence-corrected chi connectivity index (χ3v) is 2.07. The highest BCUT2D eigenvalue weighted by Crippen LogP contribution is 2.10. The maximum Gasteiger partial charge on any atom is 0.0549 e. The molecule has 62 valence electrons. The number of aliphatic hydroxyl groups is 1. The molecule has 0 bridgehead atoms. The van der Waals surface area contributed by atoms with Crippen molar-refractivity contribution in [1.82, 2.24) is 0 Å². The van der Waals surface area contributed by atoms with E-state index in [1.54, 1.807) is 0 Å². The van der Waals surface area contributed by atoms with Gasteiger partial charge in [0.1, 0.15) is 0 Å². The van der Waals surface area contributed by atoms with Gasteiger partial charge in [-0.1, -0.05) is 12.8 Å². The molecule has 0 heterocycles. The Morgan fingerprint density at radius 1 is 0.909 bits per heavy atom. The third-order valence-electron chi connectivity index (χ3n) is 2.07. The van der Waals surface area contributed by atoms with Crippen LogP contribution in [0.3, 0.4) is 0 Å². The Morgan fingerprint density at radius 3 is 2.64 bits per heavy atom. The largest absolute Gasteiger partial charge is 0.393 e. The maximum absolute atomic E-state index is 9.36. The predicted octanol–water partition coefficient (Wildman–Crippen LogP) is 2.09. The van der Waals surface area contributed by atoms with Crippen molar-refractivity contribution in [2.75, 3.05) is 0 Å². The first-order chi connectivity index (χ1) is 5.39. The number of aliphatic hydroxyl groups excluding tert-OH is 1. The highest BCUT2D eigenvalue weighted by molar-refractivity contribution is 4.99. The van der Waals surface area contributed by atoms with E-state index in [2.05, 4.69) is 11.8 Å². The lowest BCUT2D eigenvalue weighted by Crippen LogP contribution is -2.05. The van der Waals surface area contributed by atoms with E-state index in [-0.39, 0.29) is 6.10 Å². The third kappa shape index (κ3) is 4.06. The first kappa shape index (κ1) is 8.62. The van der Waals surface area contributed by atoms with Crippen LogP contribution in [0.5, 0.6) is 0 Å². The Morgan fingerprint density at radius 2 is 1.73 bits per heavy atom. The molecule has 1 atom stereocenters. The molecule has 1 aliphatic rings. The van der Waals surface area contributed by atoms with Gasteiger partial charge in [-0.25, -0.2) is 0 Å². The van der Waals surface area contributed by atoms with Gasteiger partial charge in [-0.05, 0) is 19.3 Å². The lowest BCUT2D eigenvalue weighted by molar-refractivity contribution is 0.152. The molecule has 1 N–H and O–H groups in total. The number of rotatable bonds is 0. The second-order valence-corrected chi connectivity index (χ2v) is 3.15. The first-order valence-electron chi connectivity index (χ1n) is 4.53. The quantitative estimate of drug-likeness (QED) is 0.527. The molecule has 1 heteroatoms. The minimum atomic E-state index is -0.0950. The Balaban J connectivity index is 2.28. The normalized spacial score (nSPS) is 26.8. The van der Waals surface area contributed by atoms with Crippen molar-refractivity contribution < 1.29 is 5.11 Å². The van der Waals surface area contributed by atoms with Crippen molar-refractivity contribution in [3.8, 4) is 11.8 Å². The van der Waals surface area contributed by atoms with Gasteiger partial charge in [-0.2, -0.15) is 0 Å². The topological polar surface area (TPSA) is 20.2 Å². The van der Waals surface area contributed by atoms with Gasteiger partial charge >= 0.3 is 0 Å². The van der Waals surface area contributed by atoms with Crippen LogP contribution < -0.4 is 0 Å². The average molecular weight is 152 g/mol.